The van der Waals surface area contributed by atoms with Gasteiger partial charge in [-0.25, -0.2) is 35.9 Å². The Labute approximate surface area is 356 Å². The van der Waals surface area contributed by atoms with E-state index in [0.717, 1.165) is 23.0 Å². The molecule has 0 spiro atoms. The lowest BCUT2D eigenvalue weighted by Crippen LogP contribution is -2.38. The van der Waals surface area contributed by atoms with E-state index in [-0.39, 0.29) is 67.5 Å². The molecule has 23 heteroatoms. The van der Waals surface area contributed by atoms with Gasteiger partial charge >= 0.3 is 0 Å². The highest BCUT2D eigenvalue weighted by Crippen LogP contribution is 2.68. The van der Waals surface area contributed by atoms with Crippen LogP contribution in [0, 0.1) is 17.6 Å². The molecule has 0 bridgehead atoms. The monoisotopic (exact) mass is 912 g/mol. The average Bonchev–Trinajstić information content (AvgIpc) is 3.75. The van der Waals surface area contributed by atoms with E-state index in [1.165, 1.54) is 55.5 Å². The Kier molecular flexibility index (Phi) is 9.99. The molecule has 2 aliphatic carbocycles. The molecule has 15 nitrogen and oxygen atoms in total. The predicted octanol–water partition coefficient (Wildman–Crippen LogP) is 6.48. The number of sulfonamides is 1. The Morgan fingerprint density at radius 1 is 1.05 bits per heavy atom. The first-order chi connectivity index (χ1) is 29.8. The molecular formula is C40H31ClF6N10O5S. The molecular weight excluding hydrogens is 882 g/mol. The number of amides is 1. The number of rotatable bonds is 12. The van der Waals surface area contributed by atoms with Crippen LogP contribution in [0.1, 0.15) is 53.1 Å². The third-order valence-corrected chi connectivity index (χ3v) is 11.8. The molecule has 1 fully saturated rings. The summed E-state index contributed by atoms with van der Waals surface area (Å²) in [6.07, 6.45) is 0.0994. The number of halogens is 7. The average molecular weight is 913 g/mol. The fraction of sp³-hybridized carbons (Fsp3) is 0.275. The van der Waals surface area contributed by atoms with Crippen molar-refractivity contribution in [2.24, 2.45) is 13.0 Å². The van der Waals surface area contributed by atoms with Crippen molar-refractivity contribution in [3.05, 3.63) is 116 Å². The zero-order chi connectivity index (χ0) is 44.9. The SMILES string of the molecule is COc1cncc(-c2ccc3c(=O)n(-c4ccc(Cl)c5c(NS(C)(=O)=O)nn(C)c45)c([C@H](Cc4cc(F)cc(F)c4)NC(=O)Cn4nc(C(F)F)c5c4C(F)(F)[C@@H]4C[C@H]54)nc3n2)c1. The maximum atomic E-state index is 15.5. The van der Waals surface area contributed by atoms with Gasteiger partial charge in [0.15, 0.2) is 11.5 Å². The summed E-state index contributed by atoms with van der Waals surface area (Å²) < 4.78 is 124. The molecule has 2 aromatic carbocycles. The maximum Gasteiger partial charge on any atom is 0.293 e. The Balaban J connectivity index is 1.26. The van der Waals surface area contributed by atoms with Gasteiger partial charge in [-0.15, -0.1) is 0 Å². The lowest BCUT2D eigenvalue weighted by molar-refractivity contribution is -0.123. The number of nitrogens with one attached hydrogen (secondary N) is 2. The highest BCUT2D eigenvalue weighted by Gasteiger charge is 2.67. The van der Waals surface area contributed by atoms with Crippen molar-refractivity contribution >= 4 is 55.3 Å². The number of benzene rings is 2. The van der Waals surface area contributed by atoms with E-state index < -0.39 is 87.7 Å². The van der Waals surface area contributed by atoms with Crippen LogP contribution in [-0.2, 0) is 40.8 Å². The number of fused-ring (bicyclic) bond motifs is 5. The Morgan fingerprint density at radius 3 is 2.49 bits per heavy atom. The van der Waals surface area contributed by atoms with E-state index in [1.807, 2.05) is 0 Å². The highest BCUT2D eigenvalue weighted by molar-refractivity contribution is 7.92. The molecule has 9 rings (SSSR count). The summed E-state index contributed by atoms with van der Waals surface area (Å²) in [6.45, 7) is -1.01. The number of carbonyl (C=O) groups is 1. The van der Waals surface area contributed by atoms with Gasteiger partial charge in [0.05, 0.1) is 58.3 Å². The second-order valence-corrected chi connectivity index (χ2v) is 17.4. The van der Waals surface area contributed by atoms with Gasteiger partial charge in [-0.1, -0.05) is 11.6 Å². The highest BCUT2D eigenvalue weighted by atomic mass is 35.5. The summed E-state index contributed by atoms with van der Waals surface area (Å²) in [5.41, 5.74) is -2.23. The van der Waals surface area contributed by atoms with E-state index in [1.54, 1.807) is 6.07 Å². The summed E-state index contributed by atoms with van der Waals surface area (Å²) in [4.78, 5) is 42.7. The number of pyridine rings is 2. The molecule has 0 saturated heterocycles. The number of ether oxygens (including phenoxy) is 1. The lowest BCUT2D eigenvalue weighted by Gasteiger charge is -2.24. The van der Waals surface area contributed by atoms with Crippen molar-refractivity contribution < 1.29 is 44.3 Å². The van der Waals surface area contributed by atoms with Gasteiger partial charge in [-0.05, 0) is 60.4 Å². The number of aromatic nitrogens is 8. The van der Waals surface area contributed by atoms with Crippen molar-refractivity contribution in [2.45, 2.75) is 43.7 Å². The number of hydrogen-bond acceptors (Lipinski definition) is 10. The first-order valence-electron chi connectivity index (χ1n) is 18.9. The number of methoxy groups -OCH3 is 1. The molecule has 2 N–H and O–H groups in total. The summed E-state index contributed by atoms with van der Waals surface area (Å²) in [5.74, 6) is -8.83. The van der Waals surface area contributed by atoms with Gasteiger partial charge in [-0.3, -0.25) is 33.2 Å². The molecule has 0 aliphatic heterocycles. The van der Waals surface area contributed by atoms with E-state index >= 15 is 8.78 Å². The Bertz CT molecular complexity index is 3210. The van der Waals surface area contributed by atoms with Crippen molar-refractivity contribution in [3.63, 3.8) is 0 Å². The second-order valence-electron chi connectivity index (χ2n) is 15.2. The maximum absolute atomic E-state index is 15.5. The minimum Gasteiger partial charge on any atom is -0.495 e. The lowest BCUT2D eigenvalue weighted by atomic mass is 10.0. The van der Waals surface area contributed by atoms with Crippen LogP contribution >= 0.6 is 11.6 Å². The topological polar surface area (TPSA) is 181 Å². The van der Waals surface area contributed by atoms with Gasteiger partial charge in [0.1, 0.15) is 41.1 Å². The van der Waals surface area contributed by atoms with Crippen molar-refractivity contribution in [1.82, 2.24) is 44.4 Å². The number of aryl methyl sites for hydroxylation is 1. The standard InChI is InChI=1S/C40H31ClF6N10O5S/c1-55-33-28(7-5-25(41)31(33)37(53-55)54-63(3,60)61)57-38(51-36-22(39(57)59)4-6-26(50-36)18-11-21(62-2)15-48-14-18)27(10-17-8-19(42)12-20(43)9-17)49-29(58)16-56-34-30(32(52-56)35(44)45)23-13-24(23)40(34,46)47/h4-9,11-12,14-15,23-24,27,35H,10,13,16H2,1-3H3,(H,49,58)(H,53,54)/t23-,24+,27-/m0/s1. The van der Waals surface area contributed by atoms with Crippen LogP contribution in [0.3, 0.4) is 0 Å². The summed E-state index contributed by atoms with van der Waals surface area (Å²) >= 11 is 6.62. The van der Waals surface area contributed by atoms with Crippen molar-refractivity contribution in [1.29, 1.82) is 0 Å². The Morgan fingerprint density at radius 2 is 1.79 bits per heavy atom. The fourth-order valence-electron chi connectivity index (χ4n) is 8.29. The third kappa shape index (κ3) is 7.39. The van der Waals surface area contributed by atoms with Gasteiger partial charge in [0.25, 0.3) is 17.9 Å². The quantitative estimate of drug-likeness (QED) is 0.129. The summed E-state index contributed by atoms with van der Waals surface area (Å²) in [7, 11) is -1.05. The molecule has 3 atom stereocenters. The molecule has 326 valence electrons. The number of alkyl halides is 4. The third-order valence-electron chi connectivity index (χ3n) is 10.9. The molecule has 1 amide bonds. The number of hydrogen-bond donors (Lipinski definition) is 2. The zero-order valence-corrected chi connectivity index (χ0v) is 34.4. The summed E-state index contributed by atoms with van der Waals surface area (Å²) in [6, 6.07) is 8.29. The molecule has 63 heavy (non-hydrogen) atoms. The van der Waals surface area contributed by atoms with Crippen LogP contribution in [0.2, 0.25) is 5.02 Å². The normalized spacial score (nSPS) is 16.9. The van der Waals surface area contributed by atoms with Gasteiger partial charge in [0.2, 0.25) is 15.9 Å². The van der Waals surface area contributed by atoms with E-state index in [4.69, 9.17) is 21.3 Å². The van der Waals surface area contributed by atoms with Crippen LogP contribution in [0.4, 0.5) is 32.2 Å². The second kappa shape index (κ2) is 15.1. The molecule has 0 unspecified atom stereocenters. The fourth-order valence-corrected chi connectivity index (χ4v) is 9.03. The van der Waals surface area contributed by atoms with E-state index in [2.05, 4.69) is 30.2 Å². The van der Waals surface area contributed by atoms with E-state index in [9.17, 15) is 35.6 Å². The van der Waals surface area contributed by atoms with Crippen molar-refractivity contribution in [3.8, 4) is 22.7 Å². The molecule has 5 heterocycles. The number of anilines is 1. The van der Waals surface area contributed by atoms with Crippen LogP contribution in [-0.4, -0.2) is 66.8 Å². The zero-order valence-electron chi connectivity index (χ0n) is 32.9. The van der Waals surface area contributed by atoms with Crippen molar-refractivity contribution in [2.75, 3.05) is 18.1 Å². The van der Waals surface area contributed by atoms with Crippen LogP contribution < -0.4 is 20.3 Å². The molecule has 2 aliphatic rings. The Hall–Kier alpha value is -6.55. The predicted molar refractivity (Wildman–Crippen MR) is 216 cm³/mol. The molecule has 7 aromatic rings. The molecule has 5 aromatic heterocycles. The van der Waals surface area contributed by atoms with E-state index in [0.29, 0.717) is 22.1 Å². The van der Waals surface area contributed by atoms with Crippen LogP contribution in [0.5, 0.6) is 5.75 Å². The smallest absolute Gasteiger partial charge is 0.293 e. The van der Waals surface area contributed by atoms with Gasteiger partial charge in [-0.2, -0.15) is 19.0 Å². The largest absolute Gasteiger partial charge is 0.495 e. The first kappa shape index (κ1) is 41.8. The number of carbonyl (C=O) groups excluding carboxylic acids is 1. The minimum atomic E-state index is -3.93. The first-order valence-corrected chi connectivity index (χ1v) is 21.2. The van der Waals surface area contributed by atoms with Crippen LogP contribution in [0.15, 0.2) is 65.7 Å². The molecule has 0 radical (unpaired) electrons. The number of nitrogens with zero attached hydrogens (tertiary/aromatic N) is 8. The van der Waals surface area contributed by atoms with Gasteiger partial charge in [0, 0.05) is 42.8 Å². The van der Waals surface area contributed by atoms with Crippen LogP contribution in [0.25, 0.3) is 38.9 Å². The summed E-state index contributed by atoms with van der Waals surface area (Å²) in [5, 5.41) is 10.7. The van der Waals surface area contributed by atoms with Gasteiger partial charge < -0.3 is 10.1 Å². The minimum absolute atomic E-state index is 0.0130. The molecule has 1 saturated carbocycles.